The van der Waals surface area contributed by atoms with Crippen LogP contribution in [0.5, 0.6) is 5.75 Å². The minimum atomic E-state index is -4.23. The third kappa shape index (κ3) is 3.60. The fraction of sp³-hybridized carbons (Fsp3) is 0.524. The van der Waals surface area contributed by atoms with E-state index in [1.807, 2.05) is 12.1 Å². The Kier molecular flexibility index (Phi) is 4.33. The molecule has 5 nitrogen and oxygen atoms in total. The molecule has 2 aromatic rings. The first-order valence-corrected chi connectivity index (χ1v) is 10.1. The summed E-state index contributed by atoms with van der Waals surface area (Å²) in [6.07, 6.45) is 0.518. The topological polar surface area (TPSA) is 56.1 Å². The molecule has 1 saturated carbocycles. The first-order chi connectivity index (χ1) is 13.9. The Morgan fingerprint density at radius 3 is 2.83 bits per heavy atom. The first-order valence-electron chi connectivity index (χ1n) is 10.1. The van der Waals surface area contributed by atoms with E-state index in [1.165, 1.54) is 29.2 Å². The Labute approximate surface area is 166 Å². The van der Waals surface area contributed by atoms with Crippen LogP contribution in [0.25, 0.3) is 0 Å². The number of amides is 1. The van der Waals surface area contributed by atoms with Gasteiger partial charge in [-0.2, -0.15) is 13.2 Å². The molecule has 8 heteroatoms. The monoisotopic (exact) mass is 405 g/mol. The summed E-state index contributed by atoms with van der Waals surface area (Å²) < 4.78 is 46.3. The van der Waals surface area contributed by atoms with Crippen LogP contribution in [0.4, 0.5) is 13.2 Å². The Bertz CT molecular complexity index is 949. The van der Waals surface area contributed by atoms with Crippen LogP contribution >= 0.6 is 0 Å². The summed E-state index contributed by atoms with van der Waals surface area (Å²) in [5.74, 6) is 0.262. The van der Waals surface area contributed by atoms with Crippen LogP contribution in [0.1, 0.15) is 52.6 Å². The zero-order valence-corrected chi connectivity index (χ0v) is 15.8. The van der Waals surface area contributed by atoms with Crippen molar-refractivity contribution in [2.45, 2.75) is 56.8 Å². The maximum atomic E-state index is 13.0. The predicted molar refractivity (Wildman–Crippen MR) is 99.0 cm³/mol. The van der Waals surface area contributed by atoms with Crippen molar-refractivity contribution in [3.63, 3.8) is 0 Å². The van der Waals surface area contributed by atoms with Gasteiger partial charge in [-0.1, -0.05) is 12.1 Å². The maximum absolute atomic E-state index is 13.0. The molecular weight excluding hydrogens is 383 g/mol. The lowest BCUT2D eigenvalue weighted by Crippen LogP contribution is -2.43. The average Bonchev–Trinajstić information content (AvgIpc) is 3.44. The van der Waals surface area contributed by atoms with Gasteiger partial charge in [0, 0.05) is 19.2 Å². The van der Waals surface area contributed by atoms with Crippen molar-refractivity contribution in [2.75, 3.05) is 6.61 Å². The second kappa shape index (κ2) is 6.78. The number of ether oxygens (including phenoxy) is 1. The van der Waals surface area contributed by atoms with Gasteiger partial charge in [0.2, 0.25) is 0 Å². The Morgan fingerprint density at radius 1 is 1.24 bits per heavy atom. The van der Waals surface area contributed by atoms with Crippen molar-refractivity contribution in [2.24, 2.45) is 5.92 Å². The van der Waals surface area contributed by atoms with Crippen LogP contribution in [-0.2, 0) is 19.4 Å². The Morgan fingerprint density at radius 2 is 2.07 bits per heavy atom. The van der Waals surface area contributed by atoms with Gasteiger partial charge in [-0.15, -0.1) is 0 Å². The van der Waals surface area contributed by atoms with E-state index in [-0.39, 0.29) is 37.0 Å². The number of fused-ring (bicyclic) bond motifs is 2. The van der Waals surface area contributed by atoms with E-state index in [0.29, 0.717) is 24.8 Å². The molecule has 2 atom stereocenters. The third-order valence-electron chi connectivity index (χ3n) is 6.10. The molecule has 3 heterocycles. The Balaban J connectivity index is 1.28. The number of imidazole rings is 1. The lowest BCUT2D eigenvalue weighted by Gasteiger charge is -2.27. The van der Waals surface area contributed by atoms with Crippen molar-refractivity contribution in [3.8, 4) is 5.75 Å². The van der Waals surface area contributed by atoms with E-state index in [2.05, 4.69) is 16.4 Å². The summed E-state index contributed by atoms with van der Waals surface area (Å²) in [7, 11) is 0. The van der Waals surface area contributed by atoms with Gasteiger partial charge in [-0.3, -0.25) is 4.79 Å². The zero-order chi connectivity index (χ0) is 20.2. The number of aromatic nitrogens is 2. The molecule has 2 aliphatic heterocycles. The van der Waals surface area contributed by atoms with Crippen LogP contribution in [0.15, 0.2) is 24.4 Å². The highest BCUT2D eigenvalue weighted by Crippen LogP contribution is 2.44. The molecule has 5 rings (SSSR count). The number of carbonyl (C=O) groups excluding carboxylic acids is 1. The van der Waals surface area contributed by atoms with Gasteiger partial charge in [0.05, 0.1) is 12.0 Å². The molecule has 0 saturated heterocycles. The zero-order valence-electron chi connectivity index (χ0n) is 15.8. The second-order valence-electron chi connectivity index (χ2n) is 8.26. The largest absolute Gasteiger partial charge is 0.491 e. The molecule has 1 N–H and O–H groups in total. The van der Waals surface area contributed by atoms with Crippen molar-refractivity contribution in [3.05, 3.63) is 47.0 Å². The number of rotatable bonds is 3. The number of halogens is 3. The van der Waals surface area contributed by atoms with Crippen LogP contribution < -0.4 is 10.1 Å². The summed E-state index contributed by atoms with van der Waals surface area (Å²) in [5.41, 5.74) is 2.63. The van der Waals surface area contributed by atoms with Gasteiger partial charge in [-0.05, 0) is 48.8 Å². The van der Waals surface area contributed by atoms with Crippen LogP contribution in [0.3, 0.4) is 0 Å². The van der Waals surface area contributed by atoms with Crippen LogP contribution in [0.2, 0.25) is 0 Å². The van der Waals surface area contributed by atoms with Crippen LogP contribution in [0, 0.1) is 5.92 Å². The first kappa shape index (κ1) is 18.5. The number of hydrogen-bond donors (Lipinski definition) is 1. The number of nitrogens with one attached hydrogen (secondary N) is 1. The van der Waals surface area contributed by atoms with Crippen molar-refractivity contribution in [1.29, 1.82) is 0 Å². The summed E-state index contributed by atoms with van der Waals surface area (Å²) >= 11 is 0. The van der Waals surface area contributed by atoms with E-state index in [0.717, 1.165) is 11.3 Å². The van der Waals surface area contributed by atoms with Gasteiger partial charge >= 0.3 is 6.18 Å². The standard InChI is InChI=1S/C21H22F3N3O2/c22-21(23,24)13-6-7-19-26-17(10-27(19)9-13)20(28)25-14-8-16-15(12-4-5-12)2-1-3-18(16)29-11-14/h1-3,10,12-14H,4-9,11H2,(H,25,28). The van der Waals surface area contributed by atoms with Crippen molar-refractivity contribution in [1.82, 2.24) is 14.9 Å². The van der Waals surface area contributed by atoms with E-state index in [9.17, 15) is 18.0 Å². The molecule has 1 fully saturated rings. The quantitative estimate of drug-likeness (QED) is 0.849. The number of alkyl halides is 3. The van der Waals surface area contributed by atoms with Crippen molar-refractivity contribution >= 4 is 5.91 Å². The third-order valence-corrected chi connectivity index (χ3v) is 6.10. The molecule has 29 heavy (non-hydrogen) atoms. The number of hydrogen-bond acceptors (Lipinski definition) is 3. The van der Waals surface area contributed by atoms with Crippen LogP contribution in [-0.4, -0.2) is 34.3 Å². The normalized spacial score (nSPS) is 23.7. The highest BCUT2D eigenvalue weighted by molar-refractivity contribution is 5.92. The van der Waals surface area contributed by atoms with E-state index >= 15 is 0 Å². The molecule has 1 aromatic heterocycles. The lowest BCUT2D eigenvalue weighted by atomic mass is 9.94. The maximum Gasteiger partial charge on any atom is 0.393 e. The minimum absolute atomic E-state index is 0.0127. The second-order valence-corrected chi connectivity index (χ2v) is 8.26. The smallest absolute Gasteiger partial charge is 0.393 e. The highest BCUT2D eigenvalue weighted by Gasteiger charge is 2.42. The summed E-state index contributed by atoms with van der Waals surface area (Å²) in [6, 6.07) is 5.91. The SMILES string of the molecule is O=C(NC1COc2cccc(C3CC3)c2C1)c1cn2c(n1)CCC(C(F)(F)F)C2. The Hall–Kier alpha value is -2.51. The van der Waals surface area contributed by atoms with Gasteiger partial charge in [-0.25, -0.2) is 4.98 Å². The highest BCUT2D eigenvalue weighted by atomic mass is 19.4. The average molecular weight is 405 g/mol. The van der Waals surface area contributed by atoms with Gasteiger partial charge in [0.15, 0.2) is 0 Å². The van der Waals surface area contributed by atoms with Gasteiger partial charge < -0.3 is 14.6 Å². The lowest BCUT2D eigenvalue weighted by molar-refractivity contribution is -0.182. The van der Waals surface area contributed by atoms with E-state index in [1.54, 1.807) is 0 Å². The molecule has 0 spiro atoms. The molecule has 1 amide bonds. The summed E-state index contributed by atoms with van der Waals surface area (Å²) in [6.45, 7) is 0.195. The number of nitrogens with zero attached hydrogens (tertiary/aromatic N) is 2. The van der Waals surface area contributed by atoms with Crippen molar-refractivity contribution < 1.29 is 22.7 Å². The summed E-state index contributed by atoms with van der Waals surface area (Å²) in [4.78, 5) is 17.0. The van der Waals surface area contributed by atoms with Gasteiger partial charge in [0.1, 0.15) is 23.9 Å². The minimum Gasteiger partial charge on any atom is -0.491 e. The van der Waals surface area contributed by atoms with Gasteiger partial charge in [0.25, 0.3) is 5.91 Å². The molecule has 154 valence electrons. The number of aryl methyl sites for hydroxylation is 1. The molecule has 3 aliphatic rings. The summed E-state index contributed by atoms with van der Waals surface area (Å²) in [5, 5.41) is 2.95. The molecule has 1 aliphatic carbocycles. The molecule has 2 unspecified atom stereocenters. The molecule has 1 aromatic carbocycles. The fourth-order valence-corrected chi connectivity index (χ4v) is 4.38. The predicted octanol–water partition coefficient (Wildman–Crippen LogP) is 3.62. The molecular formula is C21H22F3N3O2. The number of carbonyl (C=O) groups is 1. The van der Waals surface area contributed by atoms with E-state index in [4.69, 9.17) is 4.74 Å². The molecule has 0 bridgehead atoms. The van der Waals surface area contributed by atoms with E-state index < -0.39 is 12.1 Å². The fourth-order valence-electron chi connectivity index (χ4n) is 4.38. The molecule has 0 radical (unpaired) electrons. The number of benzene rings is 1.